The molecule has 0 aliphatic rings. The molecular formula is C8H8N2. The van der Waals surface area contributed by atoms with Gasteiger partial charge >= 0.3 is 0 Å². The van der Waals surface area contributed by atoms with Crippen LogP contribution in [-0.4, -0.2) is 7.05 Å². The van der Waals surface area contributed by atoms with Gasteiger partial charge in [-0.15, -0.1) is 0 Å². The van der Waals surface area contributed by atoms with Gasteiger partial charge in [0, 0.05) is 12.7 Å². The third-order valence-corrected chi connectivity index (χ3v) is 1.26. The van der Waals surface area contributed by atoms with Crippen LogP contribution < -0.4 is 5.32 Å². The molecule has 50 valence electrons. The van der Waals surface area contributed by atoms with Crippen LogP contribution >= 0.6 is 0 Å². The second-order valence-electron chi connectivity index (χ2n) is 1.91. The lowest BCUT2D eigenvalue weighted by Gasteiger charge is -1.97. The molecule has 0 heterocycles. The fraction of sp³-hybridized carbons (Fsp3) is 0.125. The monoisotopic (exact) mass is 132 g/mol. The largest absolute Gasteiger partial charge is 0.389 e. The number of nitrogens with one attached hydrogen (secondary N) is 1. The predicted molar refractivity (Wildman–Crippen MR) is 42.3 cm³/mol. The molecule has 1 rings (SSSR count). The quantitative estimate of drug-likeness (QED) is 0.580. The van der Waals surface area contributed by atoms with Crippen molar-refractivity contribution in [2.24, 2.45) is 0 Å². The molecule has 1 aromatic rings. The van der Waals surface area contributed by atoms with Gasteiger partial charge in [-0.3, -0.25) is 0 Å². The van der Waals surface area contributed by atoms with Gasteiger partial charge in [-0.1, -0.05) is 12.1 Å². The Balaban J connectivity index is 3.01. The van der Waals surface area contributed by atoms with E-state index in [1.54, 1.807) is 6.07 Å². The zero-order valence-electron chi connectivity index (χ0n) is 5.76. The Kier molecular flexibility index (Phi) is 1.91. The van der Waals surface area contributed by atoms with Crippen LogP contribution in [0.2, 0.25) is 0 Å². The van der Waals surface area contributed by atoms with Crippen molar-refractivity contribution < 1.29 is 0 Å². The van der Waals surface area contributed by atoms with Crippen molar-refractivity contribution in [2.45, 2.75) is 0 Å². The smallest absolute Gasteiger partial charge is 0.189 e. The van der Waals surface area contributed by atoms with Gasteiger partial charge in [0.1, 0.15) is 0 Å². The second kappa shape index (κ2) is 2.88. The van der Waals surface area contributed by atoms with E-state index < -0.39 is 0 Å². The molecule has 2 nitrogen and oxygen atoms in total. The molecule has 0 radical (unpaired) electrons. The van der Waals surface area contributed by atoms with E-state index in [1.807, 2.05) is 25.2 Å². The van der Waals surface area contributed by atoms with Crippen molar-refractivity contribution in [3.05, 3.63) is 35.7 Å². The van der Waals surface area contributed by atoms with Gasteiger partial charge in [-0.25, -0.2) is 4.85 Å². The minimum absolute atomic E-state index is 0.673. The molecule has 0 aromatic heterocycles. The first-order chi connectivity index (χ1) is 4.86. The summed E-state index contributed by atoms with van der Waals surface area (Å²) in [7, 11) is 1.84. The molecule has 10 heavy (non-hydrogen) atoms. The van der Waals surface area contributed by atoms with E-state index >= 15 is 0 Å². The average Bonchev–Trinajstić information content (AvgIpc) is 2.05. The summed E-state index contributed by atoms with van der Waals surface area (Å²) in [6, 6.07) is 7.38. The number of rotatable bonds is 1. The molecular weight excluding hydrogens is 124 g/mol. The van der Waals surface area contributed by atoms with Crippen molar-refractivity contribution in [1.29, 1.82) is 0 Å². The predicted octanol–water partition coefficient (Wildman–Crippen LogP) is 2.28. The summed E-state index contributed by atoms with van der Waals surface area (Å²) in [5.74, 6) is 0. The van der Waals surface area contributed by atoms with Crippen LogP contribution in [0.4, 0.5) is 11.4 Å². The minimum Gasteiger partial charge on any atom is -0.389 e. The van der Waals surface area contributed by atoms with E-state index in [2.05, 4.69) is 10.2 Å². The zero-order valence-corrected chi connectivity index (χ0v) is 5.76. The van der Waals surface area contributed by atoms with Gasteiger partial charge in [-0.05, 0) is 12.1 Å². The molecule has 0 saturated heterocycles. The average molecular weight is 132 g/mol. The highest BCUT2D eigenvalue weighted by atomic mass is 14.8. The van der Waals surface area contributed by atoms with Crippen LogP contribution in [0, 0.1) is 6.57 Å². The van der Waals surface area contributed by atoms with Crippen molar-refractivity contribution >= 4 is 11.4 Å². The first-order valence-electron chi connectivity index (χ1n) is 3.02. The number of hydrogen-bond donors (Lipinski definition) is 1. The lowest BCUT2D eigenvalue weighted by Crippen LogP contribution is -1.84. The van der Waals surface area contributed by atoms with E-state index in [1.165, 1.54) is 0 Å². The van der Waals surface area contributed by atoms with Gasteiger partial charge in [0.25, 0.3) is 0 Å². The van der Waals surface area contributed by atoms with Crippen LogP contribution in [0.1, 0.15) is 0 Å². The summed E-state index contributed by atoms with van der Waals surface area (Å²) in [5, 5.41) is 2.96. The summed E-state index contributed by atoms with van der Waals surface area (Å²) in [6.45, 7) is 6.71. The summed E-state index contributed by atoms with van der Waals surface area (Å²) in [6.07, 6.45) is 0. The van der Waals surface area contributed by atoms with E-state index in [9.17, 15) is 0 Å². The van der Waals surface area contributed by atoms with E-state index in [0.717, 1.165) is 5.69 Å². The molecule has 0 aliphatic carbocycles. The van der Waals surface area contributed by atoms with Gasteiger partial charge in [0.15, 0.2) is 5.69 Å². The first-order valence-corrected chi connectivity index (χ1v) is 3.02. The maximum absolute atomic E-state index is 6.71. The van der Waals surface area contributed by atoms with Crippen LogP contribution in [0.25, 0.3) is 4.85 Å². The molecule has 0 saturated carbocycles. The van der Waals surface area contributed by atoms with Gasteiger partial charge in [0.2, 0.25) is 0 Å². The molecule has 0 spiro atoms. The Morgan fingerprint density at radius 2 is 2.30 bits per heavy atom. The lowest BCUT2D eigenvalue weighted by molar-refractivity contribution is 1.52. The standard InChI is InChI=1S/C8H8N2/c1-9-7-4-3-5-8(6-7)10-2/h3-6,9H,1H3. The minimum atomic E-state index is 0.673. The highest BCUT2D eigenvalue weighted by Crippen LogP contribution is 2.16. The van der Waals surface area contributed by atoms with Gasteiger partial charge < -0.3 is 5.32 Å². The second-order valence-corrected chi connectivity index (χ2v) is 1.91. The Bertz CT molecular complexity index is 260. The zero-order chi connectivity index (χ0) is 7.40. The Morgan fingerprint density at radius 3 is 2.90 bits per heavy atom. The van der Waals surface area contributed by atoms with Crippen molar-refractivity contribution in [3.8, 4) is 0 Å². The molecule has 0 unspecified atom stereocenters. The maximum Gasteiger partial charge on any atom is 0.189 e. The normalized spacial score (nSPS) is 8.40. The summed E-state index contributed by atoms with van der Waals surface area (Å²) in [4.78, 5) is 3.29. The van der Waals surface area contributed by atoms with E-state index in [0.29, 0.717) is 5.69 Å². The highest BCUT2D eigenvalue weighted by Gasteiger charge is 1.89. The van der Waals surface area contributed by atoms with Crippen molar-refractivity contribution in [3.63, 3.8) is 0 Å². The molecule has 0 amide bonds. The topological polar surface area (TPSA) is 16.4 Å². The summed E-state index contributed by atoms with van der Waals surface area (Å²) in [5.41, 5.74) is 1.65. The van der Waals surface area contributed by atoms with E-state index in [4.69, 9.17) is 6.57 Å². The van der Waals surface area contributed by atoms with E-state index in [-0.39, 0.29) is 0 Å². The summed E-state index contributed by atoms with van der Waals surface area (Å²) >= 11 is 0. The summed E-state index contributed by atoms with van der Waals surface area (Å²) < 4.78 is 0. The van der Waals surface area contributed by atoms with Crippen molar-refractivity contribution in [2.75, 3.05) is 12.4 Å². The number of anilines is 1. The molecule has 0 bridgehead atoms. The fourth-order valence-corrected chi connectivity index (χ4v) is 0.731. The van der Waals surface area contributed by atoms with Crippen molar-refractivity contribution in [1.82, 2.24) is 0 Å². The van der Waals surface area contributed by atoms with Crippen LogP contribution in [0.5, 0.6) is 0 Å². The fourth-order valence-electron chi connectivity index (χ4n) is 0.731. The van der Waals surface area contributed by atoms with Crippen LogP contribution in [0.3, 0.4) is 0 Å². The Labute approximate surface area is 60.3 Å². The molecule has 0 aliphatic heterocycles. The SMILES string of the molecule is [C-]#[N+]c1cccc(NC)c1. The van der Waals surface area contributed by atoms with Crippen LogP contribution in [-0.2, 0) is 0 Å². The molecule has 2 heteroatoms. The number of nitrogens with zero attached hydrogens (tertiary/aromatic N) is 1. The highest BCUT2D eigenvalue weighted by molar-refractivity contribution is 5.56. The molecule has 0 atom stereocenters. The Morgan fingerprint density at radius 1 is 1.50 bits per heavy atom. The number of hydrogen-bond acceptors (Lipinski definition) is 1. The molecule has 1 N–H and O–H groups in total. The molecule has 1 aromatic carbocycles. The third-order valence-electron chi connectivity index (χ3n) is 1.26. The first kappa shape index (κ1) is 6.63. The van der Waals surface area contributed by atoms with Gasteiger partial charge in [-0.2, -0.15) is 0 Å². The number of benzene rings is 1. The molecule has 0 fully saturated rings. The third kappa shape index (κ3) is 1.26. The van der Waals surface area contributed by atoms with Crippen LogP contribution in [0.15, 0.2) is 24.3 Å². The van der Waals surface area contributed by atoms with Gasteiger partial charge in [0.05, 0.1) is 6.57 Å². The Hall–Kier alpha value is -1.49. The maximum atomic E-state index is 6.71. The lowest BCUT2D eigenvalue weighted by atomic mass is 10.3.